The van der Waals surface area contributed by atoms with Gasteiger partial charge in [0.25, 0.3) is 0 Å². The van der Waals surface area contributed by atoms with Gasteiger partial charge in [-0.05, 0) is 48.0 Å². The second kappa shape index (κ2) is 6.60. The third-order valence-electron chi connectivity index (χ3n) is 3.43. The highest BCUT2D eigenvalue weighted by Gasteiger charge is 2.11. The van der Waals surface area contributed by atoms with Crippen molar-refractivity contribution in [1.29, 1.82) is 0 Å². The number of hydrogen-bond acceptors (Lipinski definition) is 4. The molecule has 0 saturated heterocycles. The minimum atomic E-state index is -1.17. The van der Waals surface area contributed by atoms with E-state index in [9.17, 15) is 9.90 Å². The van der Waals surface area contributed by atoms with Gasteiger partial charge >= 0.3 is 5.97 Å². The van der Waals surface area contributed by atoms with Crippen molar-refractivity contribution < 1.29 is 15.0 Å². The van der Waals surface area contributed by atoms with Crippen molar-refractivity contribution in [1.82, 2.24) is 4.98 Å². The number of halogens is 1. The molecule has 0 spiro atoms. The molecule has 6 heteroatoms. The number of anilines is 2. The van der Waals surface area contributed by atoms with Crippen molar-refractivity contribution in [2.24, 2.45) is 0 Å². The molecule has 0 aliphatic rings. The van der Waals surface area contributed by atoms with Crippen LogP contribution in [0.2, 0.25) is 5.02 Å². The number of nitrogens with zero attached hydrogens (tertiary/aromatic N) is 1. The summed E-state index contributed by atoms with van der Waals surface area (Å²) in [5.74, 6) is -1.45. The van der Waals surface area contributed by atoms with Gasteiger partial charge in [-0.1, -0.05) is 17.7 Å². The molecule has 0 fully saturated rings. The van der Waals surface area contributed by atoms with E-state index in [2.05, 4.69) is 10.3 Å². The van der Waals surface area contributed by atoms with Gasteiger partial charge in [-0.2, -0.15) is 0 Å². The molecule has 0 amide bonds. The van der Waals surface area contributed by atoms with Crippen LogP contribution in [-0.2, 0) is 0 Å². The van der Waals surface area contributed by atoms with Crippen LogP contribution in [-0.4, -0.2) is 21.2 Å². The van der Waals surface area contributed by atoms with Crippen LogP contribution in [0.25, 0.3) is 11.1 Å². The Morgan fingerprint density at radius 2 is 1.71 bits per heavy atom. The van der Waals surface area contributed by atoms with Crippen LogP contribution in [0.1, 0.15) is 10.4 Å². The topological polar surface area (TPSA) is 82.5 Å². The van der Waals surface area contributed by atoms with Gasteiger partial charge in [0.15, 0.2) is 0 Å². The predicted molar refractivity (Wildman–Crippen MR) is 93.0 cm³/mol. The number of hydrogen-bond donors (Lipinski definition) is 3. The Morgan fingerprint density at radius 1 is 0.958 bits per heavy atom. The smallest absolute Gasteiger partial charge is 0.339 e. The number of aromatic carboxylic acids is 1. The van der Waals surface area contributed by atoms with Gasteiger partial charge in [-0.25, -0.2) is 4.79 Å². The number of aromatic hydroxyl groups is 1. The third kappa shape index (κ3) is 3.47. The molecule has 3 rings (SSSR count). The van der Waals surface area contributed by atoms with Gasteiger partial charge < -0.3 is 15.5 Å². The molecule has 0 atom stereocenters. The summed E-state index contributed by atoms with van der Waals surface area (Å²) in [6.07, 6.45) is 3.31. The molecule has 1 aromatic heterocycles. The average molecular weight is 341 g/mol. The fraction of sp³-hybridized carbons (Fsp3) is 0. The predicted octanol–water partition coefficient (Wildman–Crippen LogP) is 4.55. The Balaban J connectivity index is 1.89. The Hall–Kier alpha value is -3.05. The average Bonchev–Trinajstić information content (AvgIpc) is 2.57. The molecule has 0 bridgehead atoms. The van der Waals surface area contributed by atoms with E-state index < -0.39 is 5.97 Å². The lowest BCUT2D eigenvalue weighted by atomic mass is 10.0. The number of benzene rings is 2. The van der Waals surface area contributed by atoms with Crippen LogP contribution < -0.4 is 5.32 Å². The number of carbonyl (C=O) groups is 1. The molecule has 1 heterocycles. The molecule has 0 radical (unpaired) electrons. The molecular formula is C18H13ClN2O3. The zero-order valence-electron chi connectivity index (χ0n) is 12.4. The maximum Gasteiger partial charge on any atom is 0.339 e. The fourth-order valence-electron chi connectivity index (χ4n) is 2.26. The fourth-order valence-corrected chi connectivity index (χ4v) is 2.38. The molecule has 0 aliphatic carbocycles. The molecule has 120 valence electrons. The maximum atomic E-state index is 11.0. The largest absolute Gasteiger partial charge is 0.507 e. The second-order valence-corrected chi connectivity index (χ2v) is 5.57. The normalized spacial score (nSPS) is 10.4. The minimum Gasteiger partial charge on any atom is -0.507 e. The van der Waals surface area contributed by atoms with Gasteiger partial charge in [0.05, 0.1) is 11.9 Å². The Bertz CT molecular complexity index is 895. The van der Waals surface area contributed by atoms with Gasteiger partial charge in [-0.15, -0.1) is 0 Å². The molecule has 2 aromatic carbocycles. The van der Waals surface area contributed by atoms with Crippen LogP contribution in [0.5, 0.6) is 5.75 Å². The first kappa shape index (κ1) is 15.8. The second-order valence-electron chi connectivity index (χ2n) is 5.13. The van der Waals surface area contributed by atoms with E-state index >= 15 is 0 Å². The van der Waals surface area contributed by atoms with E-state index in [-0.39, 0.29) is 11.3 Å². The summed E-state index contributed by atoms with van der Waals surface area (Å²) in [7, 11) is 0. The van der Waals surface area contributed by atoms with E-state index in [1.165, 1.54) is 12.1 Å². The van der Waals surface area contributed by atoms with E-state index in [4.69, 9.17) is 16.7 Å². The highest BCUT2D eigenvalue weighted by molar-refractivity contribution is 6.30. The van der Waals surface area contributed by atoms with Crippen molar-refractivity contribution >= 4 is 28.9 Å². The van der Waals surface area contributed by atoms with Crippen molar-refractivity contribution in [3.8, 4) is 16.9 Å². The van der Waals surface area contributed by atoms with Crippen LogP contribution in [0, 0.1) is 0 Å². The molecule has 0 aliphatic heterocycles. The first-order valence-corrected chi connectivity index (χ1v) is 7.45. The summed E-state index contributed by atoms with van der Waals surface area (Å²) in [5.41, 5.74) is 2.91. The first-order chi connectivity index (χ1) is 11.5. The SMILES string of the molecule is O=C(O)c1ccc(-c2cncc(Nc3ccc(Cl)cc3)c2)cc1O. The van der Waals surface area contributed by atoms with E-state index in [0.717, 1.165) is 16.9 Å². The van der Waals surface area contributed by atoms with Crippen molar-refractivity contribution in [3.63, 3.8) is 0 Å². The Kier molecular flexibility index (Phi) is 4.35. The number of rotatable bonds is 4. The van der Waals surface area contributed by atoms with Gasteiger partial charge in [0.1, 0.15) is 11.3 Å². The Morgan fingerprint density at radius 3 is 2.38 bits per heavy atom. The zero-order chi connectivity index (χ0) is 17.1. The molecular weight excluding hydrogens is 328 g/mol. The quantitative estimate of drug-likeness (QED) is 0.649. The summed E-state index contributed by atoms with van der Waals surface area (Å²) in [4.78, 5) is 15.1. The van der Waals surface area contributed by atoms with Crippen molar-refractivity contribution in [2.75, 3.05) is 5.32 Å². The third-order valence-corrected chi connectivity index (χ3v) is 3.68. The van der Waals surface area contributed by atoms with Crippen LogP contribution in [0.3, 0.4) is 0 Å². The van der Waals surface area contributed by atoms with E-state index in [0.29, 0.717) is 10.6 Å². The van der Waals surface area contributed by atoms with Gasteiger partial charge in [-0.3, -0.25) is 4.98 Å². The highest BCUT2D eigenvalue weighted by atomic mass is 35.5. The van der Waals surface area contributed by atoms with Crippen LogP contribution in [0.15, 0.2) is 60.9 Å². The first-order valence-electron chi connectivity index (χ1n) is 7.07. The van der Waals surface area contributed by atoms with Gasteiger partial charge in [0, 0.05) is 22.5 Å². The summed E-state index contributed by atoms with van der Waals surface area (Å²) in [6.45, 7) is 0. The molecule has 0 unspecified atom stereocenters. The highest BCUT2D eigenvalue weighted by Crippen LogP contribution is 2.28. The van der Waals surface area contributed by atoms with E-state index in [1.807, 2.05) is 18.2 Å². The molecule has 3 N–H and O–H groups in total. The molecule has 3 aromatic rings. The summed E-state index contributed by atoms with van der Waals surface area (Å²) in [6, 6.07) is 13.5. The lowest BCUT2D eigenvalue weighted by molar-refractivity contribution is 0.0694. The van der Waals surface area contributed by atoms with Crippen LogP contribution in [0.4, 0.5) is 11.4 Å². The van der Waals surface area contributed by atoms with E-state index in [1.54, 1.807) is 30.6 Å². The minimum absolute atomic E-state index is 0.137. The number of carboxylic acid groups (broad SMARTS) is 1. The molecule has 5 nitrogen and oxygen atoms in total. The molecule has 0 saturated carbocycles. The van der Waals surface area contributed by atoms with Crippen molar-refractivity contribution in [3.05, 3.63) is 71.5 Å². The zero-order valence-corrected chi connectivity index (χ0v) is 13.2. The van der Waals surface area contributed by atoms with Crippen molar-refractivity contribution in [2.45, 2.75) is 0 Å². The molecule has 24 heavy (non-hydrogen) atoms. The number of pyridine rings is 1. The van der Waals surface area contributed by atoms with Gasteiger partial charge in [0.2, 0.25) is 0 Å². The maximum absolute atomic E-state index is 11.0. The summed E-state index contributed by atoms with van der Waals surface area (Å²) in [5, 5.41) is 22.6. The summed E-state index contributed by atoms with van der Waals surface area (Å²) < 4.78 is 0. The standard InChI is InChI=1S/C18H13ClN2O3/c19-13-2-4-14(5-3-13)21-15-7-12(9-20-10-15)11-1-6-16(18(23)24)17(22)8-11/h1-10,21-22H,(H,23,24). The summed E-state index contributed by atoms with van der Waals surface area (Å²) >= 11 is 5.86. The number of phenols is 1. The lowest BCUT2D eigenvalue weighted by Crippen LogP contribution is -1.96. The Labute approximate surface area is 143 Å². The van der Waals surface area contributed by atoms with Crippen LogP contribution >= 0.6 is 11.6 Å². The number of aromatic nitrogens is 1. The monoisotopic (exact) mass is 340 g/mol. The number of nitrogens with one attached hydrogen (secondary N) is 1. The lowest BCUT2D eigenvalue weighted by Gasteiger charge is -2.09. The number of carboxylic acids is 1.